The first-order valence-electron chi connectivity index (χ1n) is 6.15. The van der Waals surface area contributed by atoms with Crippen molar-refractivity contribution < 1.29 is 9.18 Å². The maximum Gasteiger partial charge on any atom is 0.242 e. The highest BCUT2D eigenvalue weighted by molar-refractivity contribution is 5.95. The molecular weight excluding hydrogens is 233 g/mol. The molecule has 2 heterocycles. The molecule has 1 aliphatic rings. The van der Waals surface area contributed by atoms with E-state index in [4.69, 9.17) is 0 Å². The van der Waals surface area contributed by atoms with Gasteiger partial charge < -0.3 is 10.6 Å². The van der Waals surface area contributed by atoms with E-state index in [0.717, 1.165) is 19.4 Å². The largest absolute Gasteiger partial charge is 0.323 e. The van der Waals surface area contributed by atoms with Gasteiger partial charge in [-0.3, -0.25) is 4.79 Å². The summed E-state index contributed by atoms with van der Waals surface area (Å²) in [6, 6.07) is 2.52. The molecule has 1 aromatic rings. The number of pyridine rings is 1. The number of carbonyl (C=O) groups excluding carboxylic acids is 1. The Kier molecular flexibility index (Phi) is 3.61. The molecule has 0 spiro atoms. The first-order chi connectivity index (χ1) is 8.49. The molecule has 5 heteroatoms. The molecule has 1 amide bonds. The predicted octanol–water partition coefficient (Wildman–Crippen LogP) is 1.94. The van der Waals surface area contributed by atoms with E-state index in [1.54, 1.807) is 0 Å². The molecule has 0 aromatic carbocycles. The topological polar surface area (TPSA) is 54.0 Å². The summed E-state index contributed by atoms with van der Waals surface area (Å²) in [4.78, 5) is 15.7. The maximum absolute atomic E-state index is 12.7. The quantitative estimate of drug-likeness (QED) is 0.790. The molecule has 4 nitrogen and oxygen atoms in total. The van der Waals surface area contributed by atoms with Crippen LogP contribution in [-0.2, 0) is 4.79 Å². The minimum absolute atomic E-state index is 0.0736. The van der Waals surface area contributed by atoms with Gasteiger partial charge in [0.15, 0.2) is 0 Å². The van der Waals surface area contributed by atoms with Crippen molar-refractivity contribution in [1.29, 1.82) is 0 Å². The van der Waals surface area contributed by atoms with Crippen molar-refractivity contribution in [2.24, 2.45) is 5.41 Å². The monoisotopic (exact) mass is 251 g/mol. The van der Waals surface area contributed by atoms with Crippen molar-refractivity contribution in [2.75, 3.05) is 11.9 Å². The Balaban J connectivity index is 2.05. The molecule has 98 valence electrons. The lowest BCUT2D eigenvalue weighted by atomic mass is 9.77. The molecule has 0 bridgehead atoms. The van der Waals surface area contributed by atoms with Gasteiger partial charge in [-0.15, -0.1) is 0 Å². The number of amides is 1. The van der Waals surface area contributed by atoms with Gasteiger partial charge in [0.25, 0.3) is 0 Å². The van der Waals surface area contributed by atoms with Gasteiger partial charge in [-0.25, -0.2) is 4.98 Å². The summed E-state index contributed by atoms with van der Waals surface area (Å²) >= 11 is 0. The fraction of sp³-hybridized carbons (Fsp3) is 0.538. The summed E-state index contributed by atoms with van der Waals surface area (Å²) in [5.41, 5.74) is 0.445. The summed E-state index contributed by atoms with van der Waals surface area (Å²) < 4.78 is 12.7. The van der Waals surface area contributed by atoms with Crippen LogP contribution in [0.4, 0.5) is 10.1 Å². The van der Waals surface area contributed by atoms with Crippen LogP contribution < -0.4 is 10.6 Å². The molecule has 1 fully saturated rings. The lowest BCUT2D eigenvalue weighted by Gasteiger charge is -2.38. The Morgan fingerprint density at radius 1 is 1.56 bits per heavy atom. The number of nitrogens with zero attached hydrogens (tertiary/aromatic N) is 1. The molecule has 0 aliphatic carbocycles. The minimum Gasteiger partial charge on any atom is -0.323 e. The predicted molar refractivity (Wildman–Crippen MR) is 67.6 cm³/mol. The molecule has 0 radical (unpaired) electrons. The molecule has 1 atom stereocenters. The van der Waals surface area contributed by atoms with Crippen LogP contribution in [0.25, 0.3) is 0 Å². The smallest absolute Gasteiger partial charge is 0.242 e. The average Bonchev–Trinajstić information content (AvgIpc) is 2.31. The van der Waals surface area contributed by atoms with Crippen molar-refractivity contribution >= 4 is 11.6 Å². The zero-order valence-electron chi connectivity index (χ0n) is 10.7. The average molecular weight is 251 g/mol. The van der Waals surface area contributed by atoms with Gasteiger partial charge in [0.05, 0.1) is 17.9 Å². The van der Waals surface area contributed by atoms with Gasteiger partial charge in [-0.1, -0.05) is 13.8 Å². The highest BCUT2D eigenvalue weighted by Crippen LogP contribution is 2.30. The van der Waals surface area contributed by atoms with Crippen molar-refractivity contribution in [3.63, 3.8) is 0 Å². The zero-order chi connectivity index (χ0) is 13.2. The number of nitrogens with one attached hydrogen (secondary N) is 2. The molecule has 2 rings (SSSR count). The van der Waals surface area contributed by atoms with Gasteiger partial charge in [0.2, 0.25) is 11.9 Å². The first kappa shape index (κ1) is 13.0. The number of piperidine rings is 1. The second-order valence-corrected chi connectivity index (χ2v) is 5.34. The van der Waals surface area contributed by atoms with Gasteiger partial charge in [0.1, 0.15) is 0 Å². The van der Waals surface area contributed by atoms with E-state index in [0.29, 0.717) is 5.69 Å². The number of rotatable bonds is 2. The van der Waals surface area contributed by atoms with Crippen molar-refractivity contribution in [1.82, 2.24) is 10.3 Å². The third-order valence-corrected chi connectivity index (χ3v) is 3.38. The molecule has 1 unspecified atom stereocenters. The SMILES string of the molecule is CC1(C)CCCNC1C(=O)Nc1ccc(F)nc1. The first-order valence-corrected chi connectivity index (χ1v) is 6.15. The van der Waals surface area contributed by atoms with E-state index < -0.39 is 5.95 Å². The Morgan fingerprint density at radius 2 is 2.33 bits per heavy atom. The molecular formula is C13H18FN3O. The summed E-state index contributed by atoms with van der Waals surface area (Å²) in [6.07, 6.45) is 3.41. The molecule has 18 heavy (non-hydrogen) atoms. The number of anilines is 1. The van der Waals surface area contributed by atoms with Crippen LogP contribution in [0.1, 0.15) is 26.7 Å². The van der Waals surface area contributed by atoms with E-state index in [1.165, 1.54) is 18.3 Å². The molecule has 1 aliphatic heterocycles. The van der Waals surface area contributed by atoms with Crippen LogP contribution in [-0.4, -0.2) is 23.5 Å². The fourth-order valence-corrected chi connectivity index (χ4v) is 2.32. The second-order valence-electron chi connectivity index (χ2n) is 5.34. The summed E-state index contributed by atoms with van der Waals surface area (Å²) in [7, 11) is 0. The van der Waals surface area contributed by atoms with Crippen LogP contribution in [0.5, 0.6) is 0 Å². The van der Waals surface area contributed by atoms with E-state index in [1.807, 2.05) is 0 Å². The summed E-state index contributed by atoms with van der Waals surface area (Å²) in [5.74, 6) is -0.641. The van der Waals surface area contributed by atoms with E-state index >= 15 is 0 Å². The van der Waals surface area contributed by atoms with Gasteiger partial charge >= 0.3 is 0 Å². The Labute approximate surface area is 106 Å². The molecule has 0 saturated carbocycles. The third-order valence-electron chi connectivity index (χ3n) is 3.38. The highest BCUT2D eigenvalue weighted by Gasteiger charge is 2.37. The van der Waals surface area contributed by atoms with Gasteiger partial charge in [-0.2, -0.15) is 4.39 Å². The van der Waals surface area contributed by atoms with Crippen LogP contribution in [0.15, 0.2) is 18.3 Å². The lowest BCUT2D eigenvalue weighted by Crippen LogP contribution is -2.53. The number of hydrogen-bond acceptors (Lipinski definition) is 3. The zero-order valence-corrected chi connectivity index (χ0v) is 10.7. The number of carbonyl (C=O) groups is 1. The van der Waals surface area contributed by atoms with E-state index in [2.05, 4.69) is 29.5 Å². The number of hydrogen-bond donors (Lipinski definition) is 2. The molecule has 2 N–H and O–H groups in total. The number of halogens is 1. The fourth-order valence-electron chi connectivity index (χ4n) is 2.32. The number of aromatic nitrogens is 1. The summed E-state index contributed by atoms with van der Waals surface area (Å²) in [6.45, 7) is 5.00. The van der Waals surface area contributed by atoms with Gasteiger partial charge in [-0.05, 0) is 36.9 Å². The van der Waals surface area contributed by atoms with E-state index in [-0.39, 0.29) is 17.4 Å². The van der Waals surface area contributed by atoms with Crippen LogP contribution in [0, 0.1) is 11.4 Å². The highest BCUT2D eigenvalue weighted by atomic mass is 19.1. The van der Waals surface area contributed by atoms with Crippen molar-refractivity contribution in [2.45, 2.75) is 32.7 Å². The van der Waals surface area contributed by atoms with Crippen LogP contribution >= 0.6 is 0 Å². The second kappa shape index (κ2) is 5.02. The van der Waals surface area contributed by atoms with Crippen LogP contribution in [0.2, 0.25) is 0 Å². The minimum atomic E-state index is -0.552. The van der Waals surface area contributed by atoms with Gasteiger partial charge in [0, 0.05) is 0 Å². The van der Waals surface area contributed by atoms with Crippen molar-refractivity contribution in [3.8, 4) is 0 Å². The summed E-state index contributed by atoms with van der Waals surface area (Å²) in [5, 5.41) is 6.00. The normalized spacial score (nSPS) is 22.5. The lowest BCUT2D eigenvalue weighted by molar-refractivity contribution is -0.121. The van der Waals surface area contributed by atoms with E-state index in [9.17, 15) is 9.18 Å². The van der Waals surface area contributed by atoms with Crippen LogP contribution in [0.3, 0.4) is 0 Å². The Bertz CT molecular complexity index is 430. The molecule has 1 saturated heterocycles. The Morgan fingerprint density at radius 3 is 2.94 bits per heavy atom. The molecule has 1 aromatic heterocycles. The maximum atomic E-state index is 12.7. The standard InChI is InChI=1S/C13H18FN3O/c1-13(2)6-3-7-15-11(13)12(18)17-9-4-5-10(14)16-8-9/h4-5,8,11,15H,3,6-7H2,1-2H3,(H,17,18). The third kappa shape index (κ3) is 2.85. The Hall–Kier alpha value is -1.49. The van der Waals surface area contributed by atoms with Crippen molar-refractivity contribution in [3.05, 3.63) is 24.3 Å².